The Morgan fingerprint density at radius 2 is 1.81 bits per heavy atom. The van der Waals surface area contributed by atoms with Crippen molar-refractivity contribution < 1.29 is 9.13 Å². The molecule has 0 saturated heterocycles. The molecule has 2 nitrogen and oxygen atoms in total. The Hall–Kier alpha value is -2.74. The Balaban J connectivity index is 1.89. The molecule has 0 aliphatic heterocycles. The van der Waals surface area contributed by atoms with Crippen molar-refractivity contribution >= 4 is 6.08 Å². The fraction of sp³-hybridized carbons (Fsp3) is 0.280. The minimum Gasteiger partial charge on any atom is -0.207 e. The second kappa shape index (κ2) is 5.63. The SMILES string of the molecule is Cc1ccccc1-[n+]1cc2c(c3c1C=CCC3)-c1cc[n+](C)cc1C2(C)C. The van der Waals surface area contributed by atoms with Crippen LogP contribution < -0.4 is 9.13 Å². The minimum atomic E-state index is 0.00428. The van der Waals surface area contributed by atoms with Crippen molar-refractivity contribution in [3.63, 3.8) is 0 Å². The van der Waals surface area contributed by atoms with E-state index in [4.69, 9.17) is 0 Å². The van der Waals surface area contributed by atoms with Crippen LogP contribution in [-0.2, 0) is 18.9 Å². The largest absolute Gasteiger partial charge is 0.214 e. The van der Waals surface area contributed by atoms with Crippen molar-refractivity contribution in [3.05, 3.63) is 82.9 Å². The molecule has 27 heavy (non-hydrogen) atoms. The summed E-state index contributed by atoms with van der Waals surface area (Å²) in [5, 5.41) is 0. The third kappa shape index (κ3) is 2.26. The van der Waals surface area contributed by atoms with Gasteiger partial charge >= 0.3 is 0 Å². The Bertz CT molecular complexity index is 1120. The fourth-order valence-corrected chi connectivity index (χ4v) is 4.83. The first kappa shape index (κ1) is 16.4. The maximum Gasteiger partial charge on any atom is 0.214 e. The first-order chi connectivity index (χ1) is 13.0. The first-order valence-electron chi connectivity index (χ1n) is 9.83. The summed E-state index contributed by atoms with van der Waals surface area (Å²) in [5.41, 5.74) is 11.2. The summed E-state index contributed by atoms with van der Waals surface area (Å²) in [7, 11) is 2.12. The molecular formula is C25H26N2+2. The van der Waals surface area contributed by atoms with E-state index in [0.29, 0.717) is 0 Å². The van der Waals surface area contributed by atoms with Crippen LogP contribution in [0, 0.1) is 6.92 Å². The van der Waals surface area contributed by atoms with Crippen LogP contribution in [0.5, 0.6) is 0 Å². The van der Waals surface area contributed by atoms with Gasteiger partial charge in [-0.2, -0.15) is 4.57 Å². The van der Waals surface area contributed by atoms with E-state index in [1.54, 1.807) is 0 Å². The quantitative estimate of drug-likeness (QED) is 0.574. The molecule has 2 aliphatic rings. The first-order valence-corrected chi connectivity index (χ1v) is 9.83. The maximum absolute atomic E-state index is 2.42. The molecule has 0 amide bonds. The molecule has 2 aliphatic carbocycles. The van der Waals surface area contributed by atoms with E-state index in [-0.39, 0.29) is 5.41 Å². The van der Waals surface area contributed by atoms with Gasteiger partial charge in [-0.3, -0.25) is 0 Å². The van der Waals surface area contributed by atoms with Crippen LogP contribution in [0.3, 0.4) is 0 Å². The van der Waals surface area contributed by atoms with E-state index in [9.17, 15) is 0 Å². The number of benzene rings is 1. The maximum atomic E-state index is 2.42. The molecule has 0 unspecified atom stereocenters. The Labute approximate surface area is 161 Å². The number of pyridine rings is 2. The van der Waals surface area contributed by atoms with Gasteiger partial charge in [0.1, 0.15) is 7.05 Å². The molecule has 2 heteroatoms. The van der Waals surface area contributed by atoms with E-state index >= 15 is 0 Å². The second-order valence-electron chi connectivity index (χ2n) is 8.44. The summed E-state index contributed by atoms with van der Waals surface area (Å²) in [4.78, 5) is 0. The average molecular weight is 354 g/mol. The zero-order valence-corrected chi connectivity index (χ0v) is 16.6. The number of aromatic nitrogens is 2. The summed E-state index contributed by atoms with van der Waals surface area (Å²) in [6.07, 6.45) is 13.7. The number of hydrogen-bond acceptors (Lipinski definition) is 0. The van der Waals surface area contributed by atoms with E-state index < -0.39 is 0 Å². The van der Waals surface area contributed by atoms with Gasteiger partial charge in [-0.25, -0.2) is 4.57 Å². The molecule has 0 saturated carbocycles. The zero-order chi connectivity index (χ0) is 18.8. The standard InChI is InChI=1S/C25H26N2/c1-17-9-5-7-11-22(17)27-16-21-24(19-10-6-8-12-23(19)27)18-13-14-26(4)15-20(18)25(21,2)3/h5,7-9,11-16H,6,10H2,1-4H3/q+2. The summed E-state index contributed by atoms with van der Waals surface area (Å²) >= 11 is 0. The van der Waals surface area contributed by atoms with Gasteiger partial charge in [0.25, 0.3) is 0 Å². The van der Waals surface area contributed by atoms with Crippen molar-refractivity contribution in [2.75, 3.05) is 0 Å². The topological polar surface area (TPSA) is 7.76 Å². The summed E-state index contributed by atoms with van der Waals surface area (Å²) < 4.78 is 4.60. The van der Waals surface area contributed by atoms with Gasteiger partial charge in [-0.05, 0) is 25.3 Å². The summed E-state index contributed by atoms with van der Waals surface area (Å²) in [6, 6.07) is 11.0. The number of hydrogen-bond donors (Lipinski definition) is 0. The molecule has 2 heterocycles. The van der Waals surface area contributed by atoms with Crippen LogP contribution >= 0.6 is 0 Å². The van der Waals surface area contributed by atoms with Crippen molar-refractivity contribution in [3.8, 4) is 16.8 Å². The highest BCUT2D eigenvalue weighted by Crippen LogP contribution is 2.50. The van der Waals surface area contributed by atoms with Crippen molar-refractivity contribution in [2.24, 2.45) is 7.05 Å². The molecule has 0 fully saturated rings. The van der Waals surface area contributed by atoms with Crippen LogP contribution in [0.25, 0.3) is 22.9 Å². The van der Waals surface area contributed by atoms with Gasteiger partial charge in [-0.1, -0.05) is 38.1 Å². The van der Waals surface area contributed by atoms with Crippen LogP contribution in [0.4, 0.5) is 0 Å². The van der Waals surface area contributed by atoms with Gasteiger partial charge in [0.15, 0.2) is 18.6 Å². The van der Waals surface area contributed by atoms with Gasteiger partial charge in [-0.15, -0.1) is 0 Å². The molecule has 1 aromatic carbocycles. The normalized spacial score (nSPS) is 16.0. The lowest BCUT2D eigenvalue weighted by Gasteiger charge is -2.21. The van der Waals surface area contributed by atoms with Crippen molar-refractivity contribution in [1.82, 2.24) is 0 Å². The molecular weight excluding hydrogens is 328 g/mol. The summed E-state index contributed by atoms with van der Waals surface area (Å²) in [5.74, 6) is 0. The number of para-hydroxylation sites is 1. The fourth-order valence-electron chi connectivity index (χ4n) is 4.83. The van der Waals surface area contributed by atoms with E-state index in [0.717, 1.165) is 12.8 Å². The van der Waals surface area contributed by atoms with Crippen LogP contribution in [0.15, 0.2) is 55.0 Å². The lowest BCUT2D eigenvalue weighted by molar-refractivity contribution is -0.671. The molecule has 0 N–H and O–H groups in total. The van der Waals surface area contributed by atoms with Gasteiger partial charge in [0.05, 0.1) is 0 Å². The molecule has 0 radical (unpaired) electrons. The highest BCUT2D eigenvalue weighted by atomic mass is 15.0. The van der Waals surface area contributed by atoms with Gasteiger partial charge in [0, 0.05) is 51.4 Å². The third-order valence-corrected chi connectivity index (χ3v) is 6.33. The monoisotopic (exact) mass is 354 g/mol. The number of allylic oxidation sites excluding steroid dienone is 1. The van der Waals surface area contributed by atoms with Crippen LogP contribution in [0.1, 0.15) is 48.2 Å². The average Bonchev–Trinajstić information content (AvgIpc) is 2.89. The number of aryl methyl sites for hydroxylation is 2. The predicted molar refractivity (Wildman–Crippen MR) is 109 cm³/mol. The number of rotatable bonds is 1. The minimum absolute atomic E-state index is 0.00428. The number of fused-ring (bicyclic) bond motifs is 5. The van der Waals surface area contributed by atoms with E-state index in [2.05, 4.69) is 98.0 Å². The van der Waals surface area contributed by atoms with Crippen LogP contribution in [0.2, 0.25) is 0 Å². The molecule has 2 aromatic heterocycles. The Morgan fingerprint density at radius 1 is 1.00 bits per heavy atom. The Morgan fingerprint density at radius 3 is 2.63 bits per heavy atom. The highest BCUT2D eigenvalue weighted by molar-refractivity contribution is 5.83. The molecule has 0 bridgehead atoms. The highest BCUT2D eigenvalue weighted by Gasteiger charge is 2.43. The molecule has 134 valence electrons. The van der Waals surface area contributed by atoms with E-state index in [1.165, 1.54) is 44.8 Å². The summed E-state index contributed by atoms with van der Waals surface area (Å²) in [6.45, 7) is 6.93. The number of nitrogens with zero attached hydrogens (tertiary/aromatic N) is 2. The third-order valence-electron chi connectivity index (χ3n) is 6.33. The zero-order valence-electron chi connectivity index (χ0n) is 16.6. The molecule has 5 rings (SSSR count). The van der Waals surface area contributed by atoms with Crippen LogP contribution in [-0.4, -0.2) is 0 Å². The lowest BCUT2D eigenvalue weighted by atomic mass is 9.83. The van der Waals surface area contributed by atoms with Gasteiger partial charge in [0.2, 0.25) is 11.4 Å². The smallest absolute Gasteiger partial charge is 0.207 e. The second-order valence-corrected chi connectivity index (χ2v) is 8.44. The van der Waals surface area contributed by atoms with Crippen molar-refractivity contribution in [1.29, 1.82) is 0 Å². The predicted octanol–water partition coefficient (Wildman–Crippen LogP) is 4.36. The van der Waals surface area contributed by atoms with E-state index in [1.807, 2.05) is 0 Å². The van der Waals surface area contributed by atoms with Gasteiger partial charge < -0.3 is 0 Å². The molecule has 3 aromatic rings. The van der Waals surface area contributed by atoms with Crippen molar-refractivity contribution in [2.45, 2.75) is 39.0 Å². The lowest BCUT2D eigenvalue weighted by Crippen LogP contribution is -2.39. The molecule has 0 spiro atoms. The Kier molecular flexibility index (Phi) is 3.42. The molecule has 0 atom stereocenters.